The topological polar surface area (TPSA) is 0 Å². The van der Waals surface area contributed by atoms with Crippen LogP contribution in [0.25, 0.3) is 0 Å². The molecule has 1 aromatic rings. The summed E-state index contributed by atoms with van der Waals surface area (Å²) in [4.78, 5) is 0. The molecular formula is C12H14ClF. The highest BCUT2D eigenvalue weighted by molar-refractivity contribution is 6.18. The number of hydrogen-bond acceptors (Lipinski definition) is 0. The minimum Gasteiger partial charge on any atom is -0.207 e. The van der Waals surface area contributed by atoms with E-state index in [1.165, 1.54) is 6.07 Å². The third-order valence-corrected chi connectivity index (χ3v) is 3.65. The molecule has 1 aliphatic rings. The Balaban J connectivity index is 2.09. The van der Waals surface area contributed by atoms with Crippen molar-refractivity contribution >= 4 is 11.6 Å². The maximum atomic E-state index is 13.3. The Labute approximate surface area is 89.1 Å². The van der Waals surface area contributed by atoms with Gasteiger partial charge < -0.3 is 0 Å². The fourth-order valence-corrected chi connectivity index (χ4v) is 2.52. The monoisotopic (exact) mass is 212 g/mol. The maximum absolute atomic E-state index is 13.3. The van der Waals surface area contributed by atoms with Crippen LogP contribution in [0.1, 0.15) is 18.9 Å². The Morgan fingerprint density at radius 2 is 2.21 bits per heavy atom. The highest BCUT2D eigenvalue weighted by Gasteiger charge is 2.49. The Morgan fingerprint density at radius 1 is 1.50 bits per heavy atom. The van der Waals surface area contributed by atoms with Gasteiger partial charge in [0.05, 0.1) is 0 Å². The molecule has 2 heteroatoms. The molecule has 0 amide bonds. The van der Waals surface area contributed by atoms with Crippen molar-refractivity contribution in [3.05, 3.63) is 35.6 Å². The van der Waals surface area contributed by atoms with Crippen LogP contribution in [0.15, 0.2) is 24.3 Å². The Kier molecular flexibility index (Phi) is 2.52. The average molecular weight is 213 g/mol. The fourth-order valence-electron chi connectivity index (χ4n) is 2.04. The lowest BCUT2D eigenvalue weighted by Gasteiger charge is -2.10. The van der Waals surface area contributed by atoms with Gasteiger partial charge in [-0.2, -0.15) is 0 Å². The summed E-state index contributed by atoms with van der Waals surface area (Å²) in [5.41, 5.74) is 1.06. The summed E-state index contributed by atoms with van der Waals surface area (Å²) in [6.45, 7) is 2.19. The number of alkyl halides is 1. The van der Waals surface area contributed by atoms with Crippen molar-refractivity contribution in [2.45, 2.75) is 19.8 Å². The molecule has 0 bridgehead atoms. The molecule has 76 valence electrons. The second-order valence-corrected chi connectivity index (χ2v) is 4.79. The first-order valence-electron chi connectivity index (χ1n) is 4.95. The van der Waals surface area contributed by atoms with Gasteiger partial charge in [-0.15, -0.1) is 11.6 Å². The first kappa shape index (κ1) is 9.97. The number of halogens is 2. The van der Waals surface area contributed by atoms with Crippen molar-refractivity contribution in [3.63, 3.8) is 0 Å². The van der Waals surface area contributed by atoms with E-state index in [-0.39, 0.29) is 11.2 Å². The molecule has 14 heavy (non-hydrogen) atoms. The Morgan fingerprint density at radius 3 is 2.79 bits per heavy atom. The minimum atomic E-state index is -0.0889. The molecule has 0 heterocycles. The van der Waals surface area contributed by atoms with Crippen LogP contribution < -0.4 is 0 Å². The SMILES string of the molecule is CC1(Cc2ccccc2F)CC1CCl. The van der Waals surface area contributed by atoms with Gasteiger partial charge in [-0.05, 0) is 35.8 Å². The molecule has 2 atom stereocenters. The maximum Gasteiger partial charge on any atom is 0.126 e. The van der Waals surface area contributed by atoms with Gasteiger partial charge in [-0.3, -0.25) is 0 Å². The van der Waals surface area contributed by atoms with Gasteiger partial charge >= 0.3 is 0 Å². The highest BCUT2D eigenvalue weighted by Crippen LogP contribution is 2.54. The molecule has 0 spiro atoms. The summed E-state index contributed by atoms with van der Waals surface area (Å²) < 4.78 is 13.3. The van der Waals surface area contributed by atoms with Crippen LogP contribution in [0.3, 0.4) is 0 Å². The van der Waals surface area contributed by atoms with E-state index in [1.54, 1.807) is 6.07 Å². The molecule has 0 radical (unpaired) electrons. The predicted octanol–water partition coefficient (Wildman–Crippen LogP) is 3.63. The van der Waals surface area contributed by atoms with E-state index in [2.05, 4.69) is 6.92 Å². The van der Waals surface area contributed by atoms with Crippen molar-refractivity contribution < 1.29 is 4.39 Å². The summed E-state index contributed by atoms with van der Waals surface area (Å²) in [7, 11) is 0. The summed E-state index contributed by atoms with van der Waals surface area (Å²) in [6, 6.07) is 7.01. The third-order valence-electron chi connectivity index (χ3n) is 3.28. The van der Waals surface area contributed by atoms with Gasteiger partial charge in [-0.25, -0.2) is 4.39 Å². The Hall–Kier alpha value is -0.560. The first-order valence-corrected chi connectivity index (χ1v) is 5.48. The van der Waals surface area contributed by atoms with Gasteiger partial charge in [0.15, 0.2) is 0 Å². The van der Waals surface area contributed by atoms with Crippen molar-refractivity contribution in [1.82, 2.24) is 0 Å². The molecule has 0 saturated heterocycles. The molecule has 1 aromatic carbocycles. The lowest BCUT2D eigenvalue weighted by molar-refractivity contribution is 0.499. The van der Waals surface area contributed by atoms with E-state index in [4.69, 9.17) is 11.6 Å². The smallest absolute Gasteiger partial charge is 0.126 e. The van der Waals surface area contributed by atoms with E-state index in [0.29, 0.717) is 11.8 Å². The summed E-state index contributed by atoms with van der Waals surface area (Å²) >= 11 is 5.80. The molecule has 2 unspecified atom stereocenters. The van der Waals surface area contributed by atoms with Crippen LogP contribution in [0.4, 0.5) is 4.39 Å². The lowest BCUT2D eigenvalue weighted by Crippen LogP contribution is -2.05. The molecule has 2 rings (SSSR count). The zero-order valence-electron chi connectivity index (χ0n) is 8.26. The summed E-state index contributed by atoms with van der Waals surface area (Å²) in [5.74, 6) is 1.18. The van der Waals surface area contributed by atoms with E-state index in [1.807, 2.05) is 12.1 Å². The van der Waals surface area contributed by atoms with Gasteiger partial charge in [0.2, 0.25) is 0 Å². The molecule has 1 fully saturated rings. The van der Waals surface area contributed by atoms with Crippen LogP contribution in [0.2, 0.25) is 0 Å². The van der Waals surface area contributed by atoms with Crippen LogP contribution >= 0.6 is 11.6 Å². The van der Waals surface area contributed by atoms with Gasteiger partial charge in [0, 0.05) is 5.88 Å². The van der Waals surface area contributed by atoms with Crippen LogP contribution in [-0.2, 0) is 6.42 Å². The van der Waals surface area contributed by atoms with Crippen molar-refractivity contribution in [2.24, 2.45) is 11.3 Å². The molecule has 0 nitrogen and oxygen atoms in total. The number of benzene rings is 1. The zero-order valence-corrected chi connectivity index (χ0v) is 9.02. The standard InChI is InChI=1S/C12H14ClF/c1-12(7-10(12)8-13)6-9-4-2-3-5-11(9)14/h2-5,10H,6-8H2,1H3. The molecular weight excluding hydrogens is 199 g/mol. The van der Waals surface area contributed by atoms with E-state index >= 15 is 0 Å². The minimum absolute atomic E-state index is 0.0889. The predicted molar refractivity (Wildman–Crippen MR) is 57.0 cm³/mol. The molecule has 0 aromatic heterocycles. The second kappa shape index (κ2) is 3.54. The first-order chi connectivity index (χ1) is 6.65. The highest BCUT2D eigenvalue weighted by atomic mass is 35.5. The van der Waals surface area contributed by atoms with Crippen LogP contribution in [0.5, 0.6) is 0 Å². The molecule has 1 saturated carbocycles. The van der Waals surface area contributed by atoms with Gasteiger partial charge in [0.1, 0.15) is 5.82 Å². The van der Waals surface area contributed by atoms with Crippen molar-refractivity contribution in [2.75, 3.05) is 5.88 Å². The molecule has 0 N–H and O–H groups in total. The van der Waals surface area contributed by atoms with Crippen molar-refractivity contribution in [1.29, 1.82) is 0 Å². The fraction of sp³-hybridized carbons (Fsp3) is 0.500. The number of hydrogen-bond donors (Lipinski definition) is 0. The Bertz CT molecular complexity index is 337. The zero-order chi connectivity index (χ0) is 10.2. The van der Waals surface area contributed by atoms with Gasteiger partial charge in [0.25, 0.3) is 0 Å². The van der Waals surface area contributed by atoms with E-state index in [9.17, 15) is 4.39 Å². The third kappa shape index (κ3) is 1.78. The molecule has 1 aliphatic carbocycles. The van der Waals surface area contributed by atoms with E-state index in [0.717, 1.165) is 18.4 Å². The summed E-state index contributed by atoms with van der Waals surface area (Å²) in [5, 5.41) is 0. The summed E-state index contributed by atoms with van der Waals surface area (Å²) in [6.07, 6.45) is 1.95. The van der Waals surface area contributed by atoms with E-state index < -0.39 is 0 Å². The lowest BCUT2D eigenvalue weighted by atomic mass is 9.96. The van der Waals surface area contributed by atoms with Gasteiger partial charge in [-0.1, -0.05) is 25.1 Å². The normalized spacial score (nSPS) is 30.4. The van der Waals surface area contributed by atoms with Crippen LogP contribution in [0, 0.1) is 17.2 Å². The van der Waals surface area contributed by atoms with Crippen molar-refractivity contribution in [3.8, 4) is 0 Å². The molecule has 0 aliphatic heterocycles. The van der Waals surface area contributed by atoms with Crippen LogP contribution in [-0.4, -0.2) is 5.88 Å². The number of rotatable bonds is 3. The largest absolute Gasteiger partial charge is 0.207 e. The average Bonchev–Trinajstić information content (AvgIpc) is 2.81. The second-order valence-electron chi connectivity index (χ2n) is 4.48. The quantitative estimate of drug-likeness (QED) is 0.672.